The van der Waals surface area contributed by atoms with Crippen LogP contribution in [0.25, 0.3) is 0 Å². The molecule has 1 aromatic carbocycles. The van der Waals surface area contributed by atoms with Gasteiger partial charge in [-0.3, -0.25) is 0 Å². The first kappa shape index (κ1) is 17.1. The van der Waals surface area contributed by atoms with Crippen molar-refractivity contribution in [3.05, 3.63) is 34.6 Å². The molecule has 1 aromatic rings. The van der Waals surface area contributed by atoms with Crippen molar-refractivity contribution in [2.24, 2.45) is 5.73 Å². The second-order valence-corrected chi connectivity index (χ2v) is 3.75. The molecule has 0 heterocycles. The third kappa shape index (κ3) is 4.08. The van der Waals surface area contributed by atoms with E-state index >= 15 is 0 Å². The molecule has 0 aliphatic rings. The molecule has 0 saturated carbocycles. The molecule has 1 unspecified atom stereocenters. The second-order valence-electron chi connectivity index (χ2n) is 3.35. The predicted octanol–water partition coefficient (Wildman–Crippen LogP) is 2.80. The largest absolute Gasteiger partial charge is 0.464 e. The number of esters is 1. The van der Waals surface area contributed by atoms with E-state index in [1.165, 1.54) is 6.07 Å². The number of nitrogens with two attached hydrogens (primary N) is 1. The maximum Gasteiger partial charge on any atom is 0.342 e. The van der Waals surface area contributed by atoms with E-state index in [2.05, 4.69) is 4.74 Å². The zero-order valence-corrected chi connectivity index (χ0v) is 11.1. The van der Waals surface area contributed by atoms with Gasteiger partial charge >= 0.3 is 5.97 Å². The summed E-state index contributed by atoms with van der Waals surface area (Å²) >= 11 is 5.71. The summed E-state index contributed by atoms with van der Waals surface area (Å²) in [5, 5.41) is -0.0237. The van der Waals surface area contributed by atoms with Gasteiger partial charge in [-0.15, -0.1) is 12.4 Å². The number of hydrogen-bond donors (Lipinski definition) is 1. The lowest BCUT2D eigenvalue weighted by Gasteiger charge is -2.16. The average molecular weight is 300 g/mol. The molecular weight excluding hydrogens is 287 g/mol. The number of halogens is 4. The molecular formula is C11H13Cl2F2NO2. The highest BCUT2D eigenvalue weighted by molar-refractivity contribution is 6.31. The minimum absolute atomic E-state index is 0. The lowest BCUT2D eigenvalue weighted by Crippen LogP contribution is -2.31. The minimum atomic E-state index is -2.03. The van der Waals surface area contributed by atoms with Crippen LogP contribution in [0.1, 0.15) is 18.5 Å². The highest BCUT2D eigenvalue weighted by Crippen LogP contribution is 2.26. The Balaban J connectivity index is 0.00000289. The van der Waals surface area contributed by atoms with Crippen LogP contribution in [-0.2, 0) is 9.53 Å². The van der Waals surface area contributed by atoms with Gasteiger partial charge in [0.2, 0.25) is 6.17 Å². The topological polar surface area (TPSA) is 52.3 Å². The third-order valence-electron chi connectivity index (χ3n) is 2.15. The lowest BCUT2D eigenvalue weighted by atomic mass is 10.0. The van der Waals surface area contributed by atoms with Crippen LogP contribution in [0.3, 0.4) is 0 Å². The van der Waals surface area contributed by atoms with Crippen LogP contribution in [0.5, 0.6) is 0 Å². The van der Waals surface area contributed by atoms with Gasteiger partial charge in [-0.2, -0.15) is 0 Å². The van der Waals surface area contributed by atoms with Crippen molar-refractivity contribution >= 4 is 30.0 Å². The standard InChI is InChI=1S/C11H12ClF2NO2.ClH/c1-2-17-11(16)9(14)10(15)7-4-3-6(13)5-8(7)12;/h3-5,9-10H,2,15H2,1H3;1H/t9?,10-;/m1./s1. The van der Waals surface area contributed by atoms with E-state index in [0.29, 0.717) is 0 Å². The quantitative estimate of drug-likeness (QED) is 0.870. The first-order valence-electron chi connectivity index (χ1n) is 4.98. The summed E-state index contributed by atoms with van der Waals surface area (Å²) in [4.78, 5) is 11.1. The van der Waals surface area contributed by atoms with Crippen LogP contribution in [-0.4, -0.2) is 18.7 Å². The van der Waals surface area contributed by atoms with Gasteiger partial charge in [0, 0.05) is 5.02 Å². The first-order chi connectivity index (χ1) is 7.97. The van der Waals surface area contributed by atoms with E-state index < -0.39 is 24.0 Å². The Morgan fingerprint density at radius 2 is 2.17 bits per heavy atom. The Labute approximate surface area is 115 Å². The smallest absolute Gasteiger partial charge is 0.342 e. The number of ether oxygens (including phenoxy) is 1. The van der Waals surface area contributed by atoms with Gasteiger partial charge in [0.05, 0.1) is 12.6 Å². The van der Waals surface area contributed by atoms with Gasteiger partial charge in [0.1, 0.15) is 5.82 Å². The van der Waals surface area contributed by atoms with Crippen LogP contribution in [0, 0.1) is 5.82 Å². The van der Waals surface area contributed by atoms with Crippen molar-refractivity contribution < 1.29 is 18.3 Å². The summed E-state index contributed by atoms with van der Waals surface area (Å²) in [6, 6.07) is 2.07. The Morgan fingerprint density at radius 1 is 1.56 bits per heavy atom. The zero-order chi connectivity index (χ0) is 13.0. The molecule has 2 N–H and O–H groups in total. The normalized spacial score (nSPS) is 13.4. The van der Waals surface area contributed by atoms with Crippen LogP contribution >= 0.6 is 24.0 Å². The molecule has 102 valence electrons. The SMILES string of the molecule is CCOC(=O)C(F)[C@H](N)c1ccc(F)cc1Cl.Cl. The number of carbonyl (C=O) groups is 1. The zero-order valence-electron chi connectivity index (χ0n) is 9.53. The molecule has 0 bridgehead atoms. The molecule has 1 rings (SSSR count). The number of hydrogen-bond acceptors (Lipinski definition) is 3. The summed E-state index contributed by atoms with van der Waals surface area (Å²) < 4.78 is 30.9. The number of alkyl halides is 1. The van der Waals surface area contributed by atoms with Crippen molar-refractivity contribution in [2.45, 2.75) is 19.1 Å². The second kappa shape index (κ2) is 7.51. The summed E-state index contributed by atoms with van der Waals surface area (Å²) in [5.41, 5.74) is 5.70. The molecule has 0 fully saturated rings. The van der Waals surface area contributed by atoms with Crippen molar-refractivity contribution in [3.8, 4) is 0 Å². The first-order valence-corrected chi connectivity index (χ1v) is 5.36. The van der Waals surface area contributed by atoms with Gasteiger partial charge in [0.25, 0.3) is 0 Å². The predicted molar refractivity (Wildman–Crippen MR) is 67.1 cm³/mol. The Bertz CT molecular complexity index is 418. The maximum absolute atomic E-state index is 13.6. The number of benzene rings is 1. The summed E-state index contributed by atoms with van der Waals surface area (Å²) in [5.74, 6) is -1.61. The summed E-state index contributed by atoms with van der Waals surface area (Å²) in [6.07, 6.45) is -2.03. The molecule has 0 aromatic heterocycles. The van der Waals surface area contributed by atoms with E-state index in [9.17, 15) is 13.6 Å². The molecule has 0 saturated heterocycles. The molecule has 0 spiro atoms. The fourth-order valence-corrected chi connectivity index (χ4v) is 1.59. The van der Waals surface area contributed by atoms with E-state index in [1.807, 2.05) is 0 Å². The Hall–Kier alpha value is -0.910. The molecule has 2 atom stereocenters. The van der Waals surface area contributed by atoms with E-state index in [-0.39, 0.29) is 29.6 Å². The summed E-state index contributed by atoms with van der Waals surface area (Å²) in [7, 11) is 0. The number of rotatable bonds is 4. The Kier molecular flexibility index (Phi) is 7.13. The third-order valence-corrected chi connectivity index (χ3v) is 2.48. The van der Waals surface area contributed by atoms with Crippen molar-refractivity contribution in [3.63, 3.8) is 0 Å². The lowest BCUT2D eigenvalue weighted by molar-refractivity contribution is -0.149. The van der Waals surface area contributed by atoms with Gasteiger partial charge < -0.3 is 10.5 Å². The monoisotopic (exact) mass is 299 g/mol. The van der Waals surface area contributed by atoms with Crippen LogP contribution in [0.2, 0.25) is 5.02 Å². The minimum Gasteiger partial charge on any atom is -0.464 e. The van der Waals surface area contributed by atoms with Gasteiger partial charge in [0.15, 0.2) is 0 Å². The van der Waals surface area contributed by atoms with Crippen LogP contribution < -0.4 is 5.73 Å². The van der Waals surface area contributed by atoms with Gasteiger partial charge in [-0.05, 0) is 24.6 Å². The number of carbonyl (C=O) groups excluding carboxylic acids is 1. The van der Waals surface area contributed by atoms with E-state index in [1.54, 1.807) is 6.92 Å². The fraction of sp³-hybridized carbons (Fsp3) is 0.364. The van der Waals surface area contributed by atoms with Crippen LogP contribution in [0.15, 0.2) is 18.2 Å². The summed E-state index contributed by atoms with van der Waals surface area (Å²) in [6.45, 7) is 1.62. The van der Waals surface area contributed by atoms with E-state index in [4.69, 9.17) is 17.3 Å². The molecule has 0 amide bonds. The van der Waals surface area contributed by atoms with Crippen molar-refractivity contribution in [2.75, 3.05) is 6.61 Å². The highest BCUT2D eigenvalue weighted by Gasteiger charge is 2.29. The van der Waals surface area contributed by atoms with Crippen molar-refractivity contribution in [1.82, 2.24) is 0 Å². The molecule has 0 aliphatic heterocycles. The molecule has 0 radical (unpaired) electrons. The van der Waals surface area contributed by atoms with E-state index in [0.717, 1.165) is 12.1 Å². The average Bonchev–Trinajstić information content (AvgIpc) is 2.27. The van der Waals surface area contributed by atoms with Gasteiger partial charge in [-0.1, -0.05) is 17.7 Å². The Morgan fingerprint density at radius 3 is 2.67 bits per heavy atom. The molecule has 0 aliphatic carbocycles. The van der Waals surface area contributed by atoms with Crippen LogP contribution in [0.4, 0.5) is 8.78 Å². The highest BCUT2D eigenvalue weighted by atomic mass is 35.5. The maximum atomic E-state index is 13.6. The van der Waals surface area contributed by atoms with Crippen molar-refractivity contribution in [1.29, 1.82) is 0 Å². The van der Waals surface area contributed by atoms with Gasteiger partial charge in [-0.25, -0.2) is 13.6 Å². The fourth-order valence-electron chi connectivity index (χ4n) is 1.30. The molecule has 18 heavy (non-hydrogen) atoms. The molecule has 7 heteroatoms. The molecule has 3 nitrogen and oxygen atoms in total.